The average Bonchev–Trinajstić information content (AvgIpc) is 3.06. The molecular formula is C23H25N3O. The van der Waals surface area contributed by atoms with Gasteiger partial charge in [0, 0.05) is 40.6 Å². The SMILES string of the molecule is CN(C)CCOc1c(CNc2ccccc2)ccc2c1[nH]c1ccccc12. The highest BCUT2D eigenvalue weighted by Crippen LogP contribution is 2.35. The minimum atomic E-state index is 0.653. The Labute approximate surface area is 159 Å². The molecule has 0 unspecified atom stereocenters. The molecular weight excluding hydrogens is 334 g/mol. The zero-order chi connectivity index (χ0) is 18.6. The number of ether oxygens (including phenoxy) is 1. The summed E-state index contributed by atoms with van der Waals surface area (Å²) in [6.45, 7) is 2.24. The predicted molar refractivity (Wildman–Crippen MR) is 114 cm³/mol. The van der Waals surface area contributed by atoms with Gasteiger partial charge < -0.3 is 19.9 Å². The quantitative estimate of drug-likeness (QED) is 0.494. The lowest BCUT2D eigenvalue weighted by Gasteiger charge is -2.16. The van der Waals surface area contributed by atoms with Gasteiger partial charge in [0.05, 0.1) is 5.52 Å². The number of nitrogens with zero attached hydrogens (tertiary/aromatic N) is 1. The number of hydrogen-bond donors (Lipinski definition) is 2. The van der Waals surface area contributed by atoms with Crippen molar-refractivity contribution in [2.45, 2.75) is 6.54 Å². The van der Waals surface area contributed by atoms with Gasteiger partial charge in [0.1, 0.15) is 12.4 Å². The molecule has 27 heavy (non-hydrogen) atoms. The van der Waals surface area contributed by atoms with E-state index in [2.05, 4.69) is 77.8 Å². The van der Waals surface area contributed by atoms with Crippen molar-refractivity contribution >= 4 is 27.5 Å². The molecule has 0 aliphatic rings. The average molecular weight is 359 g/mol. The molecule has 0 atom stereocenters. The van der Waals surface area contributed by atoms with E-state index in [0.717, 1.165) is 34.6 Å². The summed E-state index contributed by atoms with van der Waals surface area (Å²) >= 11 is 0. The van der Waals surface area contributed by atoms with Gasteiger partial charge in [-0.1, -0.05) is 48.5 Å². The number of para-hydroxylation sites is 2. The Balaban J connectivity index is 1.71. The van der Waals surface area contributed by atoms with Crippen LogP contribution in [0.15, 0.2) is 66.7 Å². The standard InChI is InChI=1S/C23H25N3O/c1-26(2)14-15-27-23-17(16-24-18-8-4-3-5-9-18)12-13-20-19-10-6-7-11-21(19)25-22(20)23/h3-13,24-25H,14-16H2,1-2H3. The molecule has 0 fully saturated rings. The summed E-state index contributed by atoms with van der Waals surface area (Å²) in [6.07, 6.45) is 0. The minimum absolute atomic E-state index is 0.653. The smallest absolute Gasteiger partial charge is 0.148 e. The topological polar surface area (TPSA) is 40.3 Å². The van der Waals surface area contributed by atoms with Crippen LogP contribution in [0.4, 0.5) is 5.69 Å². The summed E-state index contributed by atoms with van der Waals surface area (Å²) in [4.78, 5) is 5.69. The van der Waals surface area contributed by atoms with Gasteiger partial charge in [-0.05, 0) is 32.3 Å². The van der Waals surface area contributed by atoms with Crippen LogP contribution in [0.2, 0.25) is 0 Å². The van der Waals surface area contributed by atoms with Gasteiger partial charge in [-0.3, -0.25) is 0 Å². The highest BCUT2D eigenvalue weighted by atomic mass is 16.5. The number of nitrogens with one attached hydrogen (secondary N) is 2. The molecule has 0 radical (unpaired) electrons. The maximum absolute atomic E-state index is 6.27. The Morgan fingerprint density at radius 1 is 0.889 bits per heavy atom. The van der Waals surface area contributed by atoms with Crippen molar-refractivity contribution < 1.29 is 4.74 Å². The van der Waals surface area contributed by atoms with Crippen molar-refractivity contribution in [3.63, 3.8) is 0 Å². The number of H-pyrrole nitrogens is 1. The maximum Gasteiger partial charge on any atom is 0.148 e. The fourth-order valence-electron chi connectivity index (χ4n) is 3.32. The molecule has 4 nitrogen and oxygen atoms in total. The molecule has 4 heteroatoms. The second-order valence-corrected chi connectivity index (χ2v) is 7.02. The monoisotopic (exact) mass is 359 g/mol. The van der Waals surface area contributed by atoms with Crippen LogP contribution < -0.4 is 10.1 Å². The zero-order valence-corrected chi connectivity index (χ0v) is 15.8. The number of aromatic nitrogens is 1. The predicted octanol–water partition coefficient (Wildman–Crippen LogP) is 4.87. The summed E-state index contributed by atoms with van der Waals surface area (Å²) < 4.78 is 6.27. The molecule has 0 aliphatic carbocycles. The normalized spacial score (nSPS) is 11.4. The molecule has 3 aromatic carbocycles. The minimum Gasteiger partial charge on any atom is -0.490 e. The van der Waals surface area contributed by atoms with Crippen LogP contribution in [-0.4, -0.2) is 37.1 Å². The molecule has 0 amide bonds. The van der Waals surface area contributed by atoms with E-state index in [1.54, 1.807) is 0 Å². The van der Waals surface area contributed by atoms with Gasteiger partial charge in [-0.2, -0.15) is 0 Å². The largest absolute Gasteiger partial charge is 0.490 e. The summed E-state index contributed by atoms with van der Waals surface area (Å²) in [6, 6.07) is 23.0. The fourth-order valence-corrected chi connectivity index (χ4v) is 3.32. The number of aromatic amines is 1. The van der Waals surface area contributed by atoms with Crippen LogP contribution >= 0.6 is 0 Å². The Kier molecular flexibility index (Phi) is 4.99. The molecule has 4 rings (SSSR count). The molecule has 138 valence electrons. The van der Waals surface area contributed by atoms with Crippen molar-refractivity contribution in [2.24, 2.45) is 0 Å². The molecule has 0 saturated carbocycles. The first-order chi connectivity index (χ1) is 13.2. The molecule has 0 bridgehead atoms. The fraction of sp³-hybridized carbons (Fsp3) is 0.217. The summed E-state index contributed by atoms with van der Waals surface area (Å²) in [5.41, 5.74) is 4.46. The summed E-state index contributed by atoms with van der Waals surface area (Å²) in [5, 5.41) is 5.93. The van der Waals surface area contributed by atoms with Crippen molar-refractivity contribution in [3.05, 3.63) is 72.3 Å². The van der Waals surface area contributed by atoms with Crippen molar-refractivity contribution in [3.8, 4) is 5.75 Å². The zero-order valence-electron chi connectivity index (χ0n) is 15.8. The van der Waals surface area contributed by atoms with Crippen molar-refractivity contribution in [1.82, 2.24) is 9.88 Å². The van der Waals surface area contributed by atoms with E-state index in [0.29, 0.717) is 13.2 Å². The van der Waals surface area contributed by atoms with Gasteiger partial charge in [-0.15, -0.1) is 0 Å². The summed E-state index contributed by atoms with van der Waals surface area (Å²) in [7, 11) is 4.12. The van der Waals surface area contributed by atoms with Crippen LogP contribution in [0.3, 0.4) is 0 Å². The first kappa shape index (κ1) is 17.4. The lowest BCUT2D eigenvalue weighted by molar-refractivity contribution is 0.262. The Hall–Kier alpha value is -2.98. The van der Waals surface area contributed by atoms with Crippen molar-refractivity contribution in [1.29, 1.82) is 0 Å². The number of fused-ring (bicyclic) bond motifs is 3. The molecule has 0 saturated heterocycles. The lowest BCUT2D eigenvalue weighted by atomic mass is 10.1. The van der Waals surface area contributed by atoms with Gasteiger partial charge in [-0.25, -0.2) is 0 Å². The van der Waals surface area contributed by atoms with Gasteiger partial charge in [0.2, 0.25) is 0 Å². The second kappa shape index (κ2) is 7.72. The Morgan fingerprint density at radius 3 is 2.48 bits per heavy atom. The van der Waals surface area contributed by atoms with Crippen LogP contribution in [0.25, 0.3) is 21.8 Å². The molecule has 0 aliphatic heterocycles. The third-order valence-electron chi connectivity index (χ3n) is 4.76. The van der Waals surface area contributed by atoms with Crippen LogP contribution in [0.5, 0.6) is 5.75 Å². The van der Waals surface area contributed by atoms with E-state index in [1.165, 1.54) is 10.8 Å². The highest BCUT2D eigenvalue weighted by molar-refractivity contribution is 6.09. The van der Waals surface area contributed by atoms with Crippen LogP contribution in [0.1, 0.15) is 5.56 Å². The second-order valence-electron chi connectivity index (χ2n) is 7.02. The van der Waals surface area contributed by atoms with E-state index in [1.807, 2.05) is 18.2 Å². The van der Waals surface area contributed by atoms with E-state index in [-0.39, 0.29) is 0 Å². The lowest BCUT2D eigenvalue weighted by Crippen LogP contribution is -2.20. The third kappa shape index (κ3) is 3.76. The molecule has 2 N–H and O–H groups in total. The van der Waals surface area contributed by atoms with E-state index >= 15 is 0 Å². The van der Waals surface area contributed by atoms with Crippen LogP contribution in [0, 0.1) is 0 Å². The van der Waals surface area contributed by atoms with E-state index < -0.39 is 0 Å². The first-order valence-electron chi connectivity index (χ1n) is 9.31. The Bertz CT molecular complexity index is 1040. The van der Waals surface area contributed by atoms with E-state index in [9.17, 15) is 0 Å². The number of anilines is 1. The third-order valence-corrected chi connectivity index (χ3v) is 4.76. The first-order valence-corrected chi connectivity index (χ1v) is 9.31. The van der Waals surface area contributed by atoms with E-state index in [4.69, 9.17) is 4.74 Å². The molecule has 0 spiro atoms. The van der Waals surface area contributed by atoms with Crippen LogP contribution in [-0.2, 0) is 6.54 Å². The van der Waals surface area contributed by atoms with Gasteiger partial charge in [0.25, 0.3) is 0 Å². The number of likely N-dealkylation sites (N-methyl/N-ethyl adjacent to an activating group) is 1. The van der Waals surface area contributed by atoms with Gasteiger partial charge in [0.15, 0.2) is 0 Å². The van der Waals surface area contributed by atoms with Gasteiger partial charge >= 0.3 is 0 Å². The summed E-state index contributed by atoms with van der Waals surface area (Å²) in [5.74, 6) is 0.939. The highest BCUT2D eigenvalue weighted by Gasteiger charge is 2.14. The molecule has 1 aromatic heterocycles. The molecule has 1 heterocycles. The number of hydrogen-bond acceptors (Lipinski definition) is 3. The Morgan fingerprint density at radius 2 is 1.67 bits per heavy atom. The maximum atomic E-state index is 6.27. The number of benzene rings is 3. The molecule has 4 aromatic rings. The number of rotatable bonds is 7. The van der Waals surface area contributed by atoms with Crippen molar-refractivity contribution in [2.75, 3.05) is 32.6 Å².